The Morgan fingerprint density at radius 3 is 2.05 bits per heavy atom. The molecule has 0 heterocycles. The monoisotopic (exact) mass is 339 g/mol. The van der Waals surface area contributed by atoms with E-state index in [4.69, 9.17) is 11.6 Å². The van der Waals surface area contributed by atoms with Gasteiger partial charge in [-0.05, 0) is 18.1 Å². The molecule has 20 heavy (non-hydrogen) atoms. The first kappa shape index (κ1) is 17.4. The van der Waals surface area contributed by atoms with Crippen molar-refractivity contribution in [1.82, 2.24) is 4.31 Å². The number of benzene rings is 1. The summed E-state index contributed by atoms with van der Waals surface area (Å²) in [6, 6.07) is 5.62. The number of hydrogen-bond acceptors (Lipinski definition) is 4. The Morgan fingerprint density at radius 2 is 1.60 bits per heavy atom. The van der Waals surface area contributed by atoms with E-state index in [-0.39, 0.29) is 27.3 Å². The SMILES string of the molecule is CC(CCl)CS(=O)(=O)c1ccccc1S(=O)(=O)N(C)C. The van der Waals surface area contributed by atoms with Gasteiger partial charge in [-0.2, -0.15) is 0 Å². The Morgan fingerprint density at radius 1 is 1.10 bits per heavy atom. The molecule has 1 aromatic rings. The molecule has 0 radical (unpaired) electrons. The quantitative estimate of drug-likeness (QED) is 0.738. The third-order valence-electron chi connectivity index (χ3n) is 2.71. The van der Waals surface area contributed by atoms with E-state index in [0.29, 0.717) is 0 Å². The summed E-state index contributed by atoms with van der Waals surface area (Å²) in [5, 5.41) is 0. The molecule has 0 spiro atoms. The lowest BCUT2D eigenvalue weighted by atomic mass is 10.3. The second kappa shape index (κ2) is 6.43. The maximum absolute atomic E-state index is 12.3. The van der Waals surface area contributed by atoms with Gasteiger partial charge < -0.3 is 0 Å². The highest BCUT2D eigenvalue weighted by Gasteiger charge is 2.28. The Kier molecular flexibility index (Phi) is 5.60. The van der Waals surface area contributed by atoms with Crippen molar-refractivity contribution >= 4 is 31.5 Å². The number of hydrogen-bond donors (Lipinski definition) is 0. The smallest absolute Gasteiger partial charge is 0.224 e. The summed E-state index contributed by atoms with van der Waals surface area (Å²) in [6.07, 6.45) is 0. The summed E-state index contributed by atoms with van der Waals surface area (Å²) in [7, 11) is -4.80. The van der Waals surface area contributed by atoms with E-state index in [1.54, 1.807) is 6.92 Å². The maximum atomic E-state index is 12.3. The molecular weight excluding hydrogens is 322 g/mol. The molecule has 0 aliphatic rings. The molecule has 0 fully saturated rings. The van der Waals surface area contributed by atoms with Crippen LogP contribution >= 0.6 is 11.6 Å². The fraction of sp³-hybridized carbons (Fsp3) is 0.500. The van der Waals surface area contributed by atoms with Crippen LogP contribution < -0.4 is 0 Å². The summed E-state index contributed by atoms with van der Waals surface area (Å²) in [5.74, 6) is -0.241. The Hall–Kier alpha value is -0.630. The molecule has 0 bridgehead atoms. The van der Waals surface area contributed by atoms with E-state index in [0.717, 1.165) is 4.31 Å². The lowest BCUT2D eigenvalue weighted by Gasteiger charge is -2.16. The van der Waals surface area contributed by atoms with Crippen LogP contribution in [0, 0.1) is 5.92 Å². The summed E-state index contributed by atoms with van der Waals surface area (Å²) in [5.41, 5.74) is 0. The van der Waals surface area contributed by atoms with Gasteiger partial charge in [-0.25, -0.2) is 21.1 Å². The van der Waals surface area contributed by atoms with E-state index < -0.39 is 19.9 Å². The number of halogens is 1. The highest BCUT2D eigenvalue weighted by Crippen LogP contribution is 2.25. The Labute approximate surface area is 125 Å². The Bertz CT molecular complexity index is 668. The number of alkyl halides is 1. The lowest BCUT2D eigenvalue weighted by molar-refractivity contribution is 0.516. The molecule has 1 atom stereocenters. The average Bonchev–Trinajstić information content (AvgIpc) is 2.38. The Balaban J connectivity index is 3.42. The lowest BCUT2D eigenvalue weighted by Crippen LogP contribution is -2.25. The zero-order valence-corrected chi connectivity index (χ0v) is 14.0. The predicted octanol–water partition coefficient (Wildman–Crippen LogP) is 1.59. The number of sulfonamides is 1. The van der Waals surface area contributed by atoms with E-state index >= 15 is 0 Å². The molecule has 0 aromatic heterocycles. The topological polar surface area (TPSA) is 71.5 Å². The van der Waals surface area contributed by atoms with Crippen LogP contribution in [0.1, 0.15) is 6.92 Å². The van der Waals surface area contributed by atoms with Crippen LogP contribution in [0.3, 0.4) is 0 Å². The van der Waals surface area contributed by atoms with E-state index in [2.05, 4.69) is 0 Å². The highest BCUT2D eigenvalue weighted by atomic mass is 35.5. The predicted molar refractivity (Wildman–Crippen MR) is 79.3 cm³/mol. The van der Waals surface area contributed by atoms with Crippen molar-refractivity contribution in [3.05, 3.63) is 24.3 Å². The average molecular weight is 340 g/mol. The summed E-state index contributed by atoms with van der Waals surface area (Å²) < 4.78 is 50.1. The standard InChI is InChI=1S/C12H18ClNO4S2/c1-10(8-13)9-19(15,16)11-6-4-5-7-12(11)20(17,18)14(2)3/h4-7,10H,8-9H2,1-3H3. The first-order valence-corrected chi connectivity index (χ1v) is 9.56. The van der Waals surface area contributed by atoms with Crippen molar-refractivity contribution < 1.29 is 16.8 Å². The maximum Gasteiger partial charge on any atom is 0.243 e. The summed E-state index contributed by atoms with van der Waals surface area (Å²) in [4.78, 5) is -0.377. The highest BCUT2D eigenvalue weighted by molar-refractivity contribution is 7.93. The minimum Gasteiger partial charge on any atom is -0.224 e. The molecule has 8 heteroatoms. The molecule has 0 amide bonds. The molecule has 5 nitrogen and oxygen atoms in total. The van der Waals surface area contributed by atoms with Crippen molar-refractivity contribution in [3.63, 3.8) is 0 Å². The van der Waals surface area contributed by atoms with Gasteiger partial charge in [-0.15, -0.1) is 11.6 Å². The zero-order valence-electron chi connectivity index (χ0n) is 11.6. The van der Waals surface area contributed by atoms with Gasteiger partial charge in [0.2, 0.25) is 10.0 Å². The molecule has 0 N–H and O–H groups in total. The van der Waals surface area contributed by atoms with Crippen molar-refractivity contribution in [3.8, 4) is 0 Å². The fourth-order valence-corrected chi connectivity index (χ4v) is 5.23. The molecule has 114 valence electrons. The molecule has 0 aliphatic heterocycles. The van der Waals surface area contributed by atoms with E-state index in [9.17, 15) is 16.8 Å². The third kappa shape index (κ3) is 3.72. The van der Waals surface area contributed by atoms with Gasteiger partial charge in [0.25, 0.3) is 0 Å². The third-order valence-corrected chi connectivity index (χ3v) is 7.27. The fourth-order valence-electron chi connectivity index (χ4n) is 1.63. The van der Waals surface area contributed by atoms with Gasteiger partial charge in [-0.3, -0.25) is 0 Å². The summed E-state index contributed by atoms with van der Waals surface area (Å²) >= 11 is 5.63. The molecule has 1 rings (SSSR count). The second-order valence-electron chi connectivity index (χ2n) is 4.78. The molecule has 0 saturated carbocycles. The molecule has 0 aliphatic carbocycles. The second-order valence-corrected chi connectivity index (χ2v) is 9.21. The van der Waals surface area contributed by atoms with E-state index in [1.165, 1.54) is 38.4 Å². The molecule has 0 saturated heterocycles. The number of rotatable bonds is 6. The molecule has 1 aromatic carbocycles. The van der Waals surface area contributed by atoms with Crippen LogP contribution in [0.2, 0.25) is 0 Å². The zero-order chi connectivity index (χ0) is 15.6. The summed E-state index contributed by atoms with van der Waals surface area (Å²) in [6.45, 7) is 1.70. The van der Waals surface area contributed by atoms with Crippen LogP contribution in [-0.2, 0) is 19.9 Å². The van der Waals surface area contributed by atoms with Crippen LogP contribution in [0.5, 0.6) is 0 Å². The van der Waals surface area contributed by atoms with Crippen LogP contribution in [-0.4, -0.2) is 46.9 Å². The van der Waals surface area contributed by atoms with Gasteiger partial charge in [-0.1, -0.05) is 19.1 Å². The van der Waals surface area contributed by atoms with Crippen molar-refractivity contribution in [2.24, 2.45) is 5.92 Å². The van der Waals surface area contributed by atoms with Crippen LogP contribution in [0.25, 0.3) is 0 Å². The van der Waals surface area contributed by atoms with Gasteiger partial charge in [0.05, 0.1) is 10.6 Å². The van der Waals surface area contributed by atoms with Crippen LogP contribution in [0.4, 0.5) is 0 Å². The van der Waals surface area contributed by atoms with Gasteiger partial charge in [0.1, 0.15) is 4.90 Å². The van der Waals surface area contributed by atoms with Crippen molar-refractivity contribution in [2.45, 2.75) is 16.7 Å². The number of sulfone groups is 1. The van der Waals surface area contributed by atoms with Crippen molar-refractivity contribution in [2.75, 3.05) is 25.7 Å². The molecule has 1 unspecified atom stereocenters. The first-order valence-electron chi connectivity index (χ1n) is 5.93. The minimum absolute atomic E-state index is 0.175. The van der Waals surface area contributed by atoms with Gasteiger partial charge in [0, 0.05) is 20.0 Å². The van der Waals surface area contributed by atoms with Gasteiger partial charge >= 0.3 is 0 Å². The minimum atomic E-state index is -3.81. The van der Waals surface area contributed by atoms with Crippen LogP contribution in [0.15, 0.2) is 34.1 Å². The normalized spacial score (nSPS) is 14.4. The van der Waals surface area contributed by atoms with Gasteiger partial charge in [0.15, 0.2) is 9.84 Å². The number of nitrogens with zero attached hydrogens (tertiary/aromatic N) is 1. The largest absolute Gasteiger partial charge is 0.243 e. The first-order chi connectivity index (χ1) is 9.13. The molecular formula is C12H18ClNO4S2. The van der Waals surface area contributed by atoms with Crippen molar-refractivity contribution in [1.29, 1.82) is 0 Å². The van der Waals surface area contributed by atoms with E-state index in [1.807, 2.05) is 0 Å².